The summed E-state index contributed by atoms with van der Waals surface area (Å²) >= 11 is 0. The summed E-state index contributed by atoms with van der Waals surface area (Å²) in [5.74, 6) is 0.305. The lowest BCUT2D eigenvalue weighted by molar-refractivity contribution is 0.386. The number of methoxy groups -OCH3 is 1. The van der Waals surface area contributed by atoms with E-state index in [-0.39, 0.29) is 5.75 Å². The van der Waals surface area contributed by atoms with E-state index in [1.165, 1.54) is 13.2 Å². The lowest BCUT2D eigenvalue weighted by Crippen LogP contribution is -2.12. The summed E-state index contributed by atoms with van der Waals surface area (Å²) in [6, 6.07) is 10.1. The fourth-order valence-electron chi connectivity index (χ4n) is 1.86. The topological polar surface area (TPSA) is 49.1 Å². The van der Waals surface area contributed by atoms with E-state index in [2.05, 4.69) is 11.1 Å². The van der Waals surface area contributed by atoms with Gasteiger partial charge in [-0.1, -0.05) is 0 Å². The van der Waals surface area contributed by atoms with Crippen LogP contribution in [0.5, 0.6) is 5.75 Å². The van der Waals surface area contributed by atoms with Crippen LogP contribution in [-0.4, -0.2) is 26.2 Å². The van der Waals surface area contributed by atoms with E-state index in [1.54, 1.807) is 29.2 Å². The zero-order valence-electron chi connectivity index (χ0n) is 11.5. The summed E-state index contributed by atoms with van der Waals surface area (Å²) in [4.78, 5) is 6.16. The highest BCUT2D eigenvalue weighted by atomic mass is 19.1. The second-order valence-corrected chi connectivity index (χ2v) is 4.42. The molecule has 5 heteroatoms. The average Bonchev–Trinajstić information content (AvgIpc) is 2.46. The zero-order chi connectivity index (χ0) is 14.7. The molecule has 0 amide bonds. The monoisotopic (exact) mass is 271 g/mol. The van der Waals surface area contributed by atoms with Crippen molar-refractivity contribution in [3.8, 4) is 23.1 Å². The molecular formula is C15H14FN3O. The van der Waals surface area contributed by atoms with Crippen molar-refractivity contribution in [2.45, 2.75) is 0 Å². The molecule has 0 N–H and O–H groups in total. The number of hydrogen-bond donors (Lipinski definition) is 0. The van der Waals surface area contributed by atoms with Gasteiger partial charge in [0.2, 0.25) is 0 Å². The molecule has 1 aromatic carbocycles. The van der Waals surface area contributed by atoms with Crippen molar-refractivity contribution in [3.63, 3.8) is 0 Å². The molecule has 1 aromatic heterocycles. The Bertz CT molecular complexity index is 677. The first-order chi connectivity index (χ1) is 9.56. The van der Waals surface area contributed by atoms with Crippen LogP contribution in [0.25, 0.3) is 11.3 Å². The Balaban J connectivity index is 2.51. The minimum Gasteiger partial charge on any atom is -0.494 e. The van der Waals surface area contributed by atoms with Crippen LogP contribution in [0.1, 0.15) is 5.56 Å². The third-order valence-electron chi connectivity index (χ3n) is 2.87. The molecule has 0 saturated heterocycles. The predicted molar refractivity (Wildman–Crippen MR) is 75.2 cm³/mol. The number of ether oxygens (including phenoxy) is 1. The Morgan fingerprint density at radius 2 is 2.00 bits per heavy atom. The SMILES string of the molecule is COc1ccc(-c2ccc(C#N)c(N(C)C)n2)cc1F. The van der Waals surface area contributed by atoms with Gasteiger partial charge in [0, 0.05) is 19.7 Å². The number of hydrogen-bond acceptors (Lipinski definition) is 4. The highest BCUT2D eigenvalue weighted by Crippen LogP contribution is 2.26. The van der Waals surface area contributed by atoms with Crippen molar-refractivity contribution >= 4 is 5.82 Å². The van der Waals surface area contributed by atoms with E-state index < -0.39 is 5.82 Å². The van der Waals surface area contributed by atoms with E-state index in [4.69, 9.17) is 10.00 Å². The average molecular weight is 271 g/mol. The van der Waals surface area contributed by atoms with E-state index in [9.17, 15) is 4.39 Å². The molecule has 0 aliphatic rings. The molecule has 2 rings (SSSR count). The van der Waals surface area contributed by atoms with Crippen LogP contribution in [0.3, 0.4) is 0 Å². The molecule has 0 spiro atoms. The molecule has 102 valence electrons. The van der Waals surface area contributed by atoms with Gasteiger partial charge in [0.1, 0.15) is 11.9 Å². The van der Waals surface area contributed by atoms with Gasteiger partial charge < -0.3 is 9.64 Å². The third-order valence-corrected chi connectivity index (χ3v) is 2.87. The van der Waals surface area contributed by atoms with Crippen molar-refractivity contribution in [2.75, 3.05) is 26.1 Å². The van der Waals surface area contributed by atoms with Gasteiger partial charge in [-0.05, 0) is 30.3 Å². The number of aromatic nitrogens is 1. The number of benzene rings is 1. The van der Waals surface area contributed by atoms with Gasteiger partial charge >= 0.3 is 0 Å². The number of nitriles is 1. The maximum atomic E-state index is 13.7. The highest BCUT2D eigenvalue weighted by molar-refractivity contribution is 5.65. The van der Waals surface area contributed by atoms with Crippen LogP contribution in [0.2, 0.25) is 0 Å². The van der Waals surface area contributed by atoms with Gasteiger partial charge in [0.05, 0.1) is 18.4 Å². The standard InChI is InChI=1S/C15H14FN3O/c1-19(2)15-11(9-17)4-6-13(18-15)10-5-7-14(20-3)12(16)8-10/h4-8H,1-3H3. The highest BCUT2D eigenvalue weighted by Gasteiger charge is 2.11. The number of pyridine rings is 1. The number of nitrogens with zero attached hydrogens (tertiary/aromatic N) is 3. The second kappa shape index (κ2) is 5.57. The largest absolute Gasteiger partial charge is 0.494 e. The smallest absolute Gasteiger partial charge is 0.165 e. The van der Waals surface area contributed by atoms with Crippen LogP contribution in [0, 0.1) is 17.1 Å². The summed E-state index contributed by atoms with van der Waals surface area (Å²) in [6.07, 6.45) is 0. The van der Waals surface area contributed by atoms with Gasteiger partial charge in [0.15, 0.2) is 11.6 Å². The Labute approximate surface area is 117 Å². The van der Waals surface area contributed by atoms with Gasteiger partial charge in [-0.15, -0.1) is 0 Å². The quantitative estimate of drug-likeness (QED) is 0.861. The minimum atomic E-state index is -0.442. The number of halogens is 1. The lowest BCUT2D eigenvalue weighted by Gasteiger charge is -2.14. The fraction of sp³-hybridized carbons (Fsp3) is 0.200. The third kappa shape index (κ3) is 2.54. The summed E-state index contributed by atoms with van der Waals surface area (Å²) < 4.78 is 18.6. The molecule has 0 unspecified atom stereocenters. The zero-order valence-corrected chi connectivity index (χ0v) is 11.5. The summed E-state index contributed by atoms with van der Waals surface area (Å²) in [6.45, 7) is 0. The Hall–Kier alpha value is -2.61. The molecule has 0 saturated carbocycles. The van der Waals surface area contributed by atoms with Crippen molar-refractivity contribution in [2.24, 2.45) is 0 Å². The molecule has 1 heterocycles. The number of rotatable bonds is 3. The normalized spacial score (nSPS) is 9.95. The van der Waals surface area contributed by atoms with E-state index in [0.29, 0.717) is 22.6 Å². The summed E-state index contributed by atoms with van der Waals surface area (Å²) in [5.41, 5.74) is 1.72. The van der Waals surface area contributed by atoms with Crippen molar-refractivity contribution in [1.29, 1.82) is 5.26 Å². The van der Waals surface area contributed by atoms with Gasteiger partial charge in [-0.25, -0.2) is 9.37 Å². The van der Waals surface area contributed by atoms with Crippen LogP contribution >= 0.6 is 0 Å². The van der Waals surface area contributed by atoms with Crippen molar-refractivity contribution < 1.29 is 9.13 Å². The first-order valence-electron chi connectivity index (χ1n) is 5.99. The Morgan fingerprint density at radius 1 is 1.25 bits per heavy atom. The molecule has 2 aromatic rings. The minimum absolute atomic E-state index is 0.190. The predicted octanol–water partition coefficient (Wildman–Crippen LogP) is 2.83. The maximum Gasteiger partial charge on any atom is 0.165 e. The van der Waals surface area contributed by atoms with Crippen molar-refractivity contribution in [1.82, 2.24) is 4.98 Å². The molecular weight excluding hydrogens is 257 g/mol. The Morgan fingerprint density at radius 3 is 2.55 bits per heavy atom. The van der Waals surface area contributed by atoms with Crippen LogP contribution < -0.4 is 9.64 Å². The molecule has 0 bridgehead atoms. The summed E-state index contributed by atoms with van der Waals surface area (Å²) in [7, 11) is 5.03. The fourth-order valence-corrected chi connectivity index (χ4v) is 1.86. The van der Waals surface area contributed by atoms with E-state index in [0.717, 1.165) is 0 Å². The van der Waals surface area contributed by atoms with Crippen LogP contribution in [-0.2, 0) is 0 Å². The molecule has 20 heavy (non-hydrogen) atoms. The summed E-state index contributed by atoms with van der Waals surface area (Å²) in [5, 5.41) is 9.05. The van der Waals surface area contributed by atoms with Gasteiger partial charge in [0.25, 0.3) is 0 Å². The molecule has 0 fully saturated rings. The van der Waals surface area contributed by atoms with Crippen LogP contribution in [0.15, 0.2) is 30.3 Å². The Kier molecular flexibility index (Phi) is 3.85. The molecule has 0 atom stereocenters. The molecule has 0 aliphatic carbocycles. The number of anilines is 1. The van der Waals surface area contributed by atoms with E-state index in [1.807, 2.05) is 14.1 Å². The molecule has 0 radical (unpaired) electrons. The van der Waals surface area contributed by atoms with Crippen LogP contribution in [0.4, 0.5) is 10.2 Å². The van der Waals surface area contributed by atoms with Gasteiger partial charge in [-0.2, -0.15) is 5.26 Å². The second-order valence-electron chi connectivity index (χ2n) is 4.42. The first-order valence-corrected chi connectivity index (χ1v) is 5.99. The molecule has 4 nitrogen and oxygen atoms in total. The van der Waals surface area contributed by atoms with Crippen molar-refractivity contribution in [3.05, 3.63) is 41.7 Å². The lowest BCUT2D eigenvalue weighted by atomic mass is 10.1. The van der Waals surface area contributed by atoms with E-state index >= 15 is 0 Å². The molecule has 0 aliphatic heterocycles. The maximum absolute atomic E-state index is 13.7. The first kappa shape index (κ1) is 13.8. The van der Waals surface area contributed by atoms with Gasteiger partial charge in [-0.3, -0.25) is 0 Å².